The minimum Gasteiger partial charge on any atom is -0.389 e. The number of nitrogens with zero attached hydrogens (tertiary/aromatic N) is 2. The Hall–Kier alpha value is -1.38. The number of carbonyl (C=O) groups excluding carboxylic acids is 1. The predicted molar refractivity (Wildman–Crippen MR) is 141 cm³/mol. The average Bonchev–Trinajstić information content (AvgIpc) is 3.31. The lowest BCUT2D eigenvalue weighted by Gasteiger charge is -2.44. The Labute approximate surface area is 220 Å². The van der Waals surface area contributed by atoms with Gasteiger partial charge in [-0.3, -0.25) is 14.6 Å². The molecule has 0 aromatic heterocycles. The maximum absolute atomic E-state index is 14.5. The van der Waals surface area contributed by atoms with Crippen molar-refractivity contribution in [3.05, 3.63) is 12.3 Å². The van der Waals surface area contributed by atoms with Crippen LogP contribution in [0.25, 0.3) is 0 Å². The summed E-state index contributed by atoms with van der Waals surface area (Å²) >= 11 is 0. The van der Waals surface area contributed by atoms with Crippen LogP contribution in [0.15, 0.2) is 12.3 Å². The average molecular weight is 526 g/mol. The topological polar surface area (TPSA) is 145 Å². The molecular formula is C25H48FN9O2. The van der Waals surface area contributed by atoms with Crippen LogP contribution in [0, 0.1) is 11.3 Å². The molecule has 3 fully saturated rings. The smallest absolute Gasteiger partial charge is 0.227 e. The van der Waals surface area contributed by atoms with Crippen LogP contribution in [0.3, 0.4) is 0 Å². The Balaban J connectivity index is 1.41. The number of hydrogen-bond donors (Lipinski definition) is 7. The highest BCUT2D eigenvalue weighted by molar-refractivity contribution is 5.80. The number of nitrogens with two attached hydrogens (primary N) is 2. The lowest BCUT2D eigenvalue weighted by atomic mass is 9.73. The molecule has 12 heteroatoms. The SMILES string of the molecule is CC[C@]1(C)CCC(F)CNC(C(C(=O)NC2CNC=CC2N2CCN(C3NONC3C)CC2)C(N)N)C1. The zero-order valence-corrected chi connectivity index (χ0v) is 22.6. The standard InChI is InChI=1S/C25H48FN9O2/c1-4-25(3)7-5-17(26)14-30-18(13-25)21(22(27)28)24(36)31-19-15-29-8-6-20(19)34-9-11-35(12-10-34)23-16(2)32-37-33-23/h6,8,16-23,29-30,32-33H,4-5,7,9-15,27-28H2,1-3H3,(H,31,36)/t16?,17?,18?,19?,20?,21?,23?,25-/m1/s1. The molecule has 0 aliphatic carbocycles. The first-order valence-electron chi connectivity index (χ1n) is 13.9. The number of alkyl halides is 1. The van der Waals surface area contributed by atoms with E-state index in [0.717, 1.165) is 45.4 Å². The van der Waals surface area contributed by atoms with Crippen LogP contribution >= 0.6 is 0 Å². The molecule has 8 atom stereocenters. The Morgan fingerprint density at radius 1 is 1.22 bits per heavy atom. The van der Waals surface area contributed by atoms with Crippen molar-refractivity contribution in [1.82, 2.24) is 36.7 Å². The fraction of sp³-hybridized carbons (Fsp3) is 0.880. The molecule has 4 rings (SSSR count). The fourth-order valence-electron chi connectivity index (χ4n) is 6.26. The van der Waals surface area contributed by atoms with Crippen LogP contribution in [0.2, 0.25) is 0 Å². The summed E-state index contributed by atoms with van der Waals surface area (Å²) in [6.45, 7) is 10.8. The number of hydrogen-bond acceptors (Lipinski definition) is 10. The van der Waals surface area contributed by atoms with E-state index in [1.165, 1.54) is 0 Å². The Bertz CT molecular complexity index is 781. The van der Waals surface area contributed by atoms with Gasteiger partial charge < -0.3 is 27.4 Å². The van der Waals surface area contributed by atoms with Crippen molar-refractivity contribution in [2.75, 3.05) is 39.3 Å². The van der Waals surface area contributed by atoms with Gasteiger partial charge in [0.05, 0.1) is 30.2 Å². The van der Waals surface area contributed by atoms with Gasteiger partial charge in [0.2, 0.25) is 5.91 Å². The molecule has 9 N–H and O–H groups in total. The van der Waals surface area contributed by atoms with Crippen molar-refractivity contribution >= 4 is 5.91 Å². The number of rotatable bonds is 7. The van der Waals surface area contributed by atoms with E-state index in [-0.39, 0.29) is 48.2 Å². The molecule has 0 aromatic carbocycles. The molecule has 4 heterocycles. The molecule has 7 unspecified atom stereocenters. The number of nitrogens with one attached hydrogen (secondary N) is 5. The van der Waals surface area contributed by atoms with Gasteiger partial charge in [0.1, 0.15) is 12.3 Å². The van der Waals surface area contributed by atoms with E-state index in [1.807, 2.05) is 6.20 Å². The van der Waals surface area contributed by atoms with Crippen LogP contribution in [-0.4, -0.2) is 97.6 Å². The Morgan fingerprint density at radius 3 is 2.59 bits per heavy atom. The van der Waals surface area contributed by atoms with Gasteiger partial charge in [0.25, 0.3) is 0 Å². The second kappa shape index (κ2) is 12.6. The maximum Gasteiger partial charge on any atom is 0.227 e. The predicted octanol–water partition coefficient (Wildman–Crippen LogP) is -0.915. The lowest BCUT2D eigenvalue weighted by molar-refractivity contribution is -0.128. The van der Waals surface area contributed by atoms with E-state index in [2.05, 4.69) is 63.6 Å². The number of carbonyl (C=O) groups is 1. The van der Waals surface area contributed by atoms with Crippen molar-refractivity contribution in [3.63, 3.8) is 0 Å². The third kappa shape index (κ3) is 6.99. The van der Waals surface area contributed by atoms with Gasteiger partial charge in [-0.05, 0) is 43.9 Å². The van der Waals surface area contributed by atoms with E-state index >= 15 is 0 Å². The molecule has 1 amide bonds. The molecule has 4 aliphatic heterocycles. The summed E-state index contributed by atoms with van der Waals surface area (Å²) in [7, 11) is 0. The molecule has 4 aliphatic rings. The highest BCUT2D eigenvalue weighted by Gasteiger charge is 2.41. The van der Waals surface area contributed by atoms with E-state index in [4.69, 9.17) is 16.4 Å². The van der Waals surface area contributed by atoms with Crippen LogP contribution in [0.1, 0.15) is 46.5 Å². The molecule has 0 spiro atoms. The zero-order valence-electron chi connectivity index (χ0n) is 22.6. The minimum atomic E-state index is -0.938. The molecule has 11 nitrogen and oxygen atoms in total. The van der Waals surface area contributed by atoms with Gasteiger partial charge in [-0.1, -0.05) is 20.3 Å². The molecule has 0 bridgehead atoms. The summed E-state index contributed by atoms with van der Waals surface area (Å²) in [5, 5.41) is 9.84. The largest absolute Gasteiger partial charge is 0.389 e. The van der Waals surface area contributed by atoms with Gasteiger partial charge in [-0.15, -0.1) is 0 Å². The first-order valence-corrected chi connectivity index (χ1v) is 13.9. The van der Waals surface area contributed by atoms with Crippen LogP contribution in [-0.2, 0) is 9.73 Å². The van der Waals surface area contributed by atoms with E-state index in [1.54, 1.807) is 0 Å². The molecule has 0 saturated carbocycles. The lowest BCUT2D eigenvalue weighted by Crippen LogP contribution is -2.65. The molecule has 0 radical (unpaired) electrons. The Kier molecular flexibility index (Phi) is 9.79. The Morgan fingerprint density at radius 2 is 1.95 bits per heavy atom. The van der Waals surface area contributed by atoms with E-state index < -0.39 is 18.3 Å². The third-order valence-corrected chi connectivity index (χ3v) is 8.93. The third-order valence-electron chi connectivity index (χ3n) is 8.93. The normalized spacial score (nSPS) is 39.1. The summed E-state index contributed by atoms with van der Waals surface area (Å²) in [6.07, 6.45) is 5.42. The van der Waals surface area contributed by atoms with Crippen LogP contribution in [0.5, 0.6) is 0 Å². The van der Waals surface area contributed by atoms with Crippen molar-refractivity contribution in [2.45, 2.75) is 89.1 Å². The van der Waals surface area contributed by atoms with Crippen LogP contribution in [0.4, 0.5) is 4.39 Å². The van der Waals surface area contributed by atoms with Crippen molar-refractivity contribution < 1.29 is 14.1 Å². The summed E-state index contributed by atoms with van der Waals surface area (Å²) in [5.74, 6) is -0.818. The zero-order chi connectivity index (χ0) is 26.6. The first kappa shape index (κ1) is 28.6. The molecule has 212 valence electrons. The quantitative estimate of drug-likeness (QED) is 0.209. The monoisotopic (exact) mass is 525 g/mol. The molecule has 0 aromatic rings. The maximum atomic E-state index is 14.5. The number of hydroxylamine groups is 2. The highest BCUT2D eigenvalue weighted by atomic mass is 19.1. The van der Waals surface area contributed by atoms with E-state index in [9.17, 15) is 9.18 Å². The van der Waals surface area contributed by atoms with Gasteiger partial charge in [0.15, 0.2) is 0 Å². The minimum absolute atomic E-state index is 0.0618. The summed E-state index contributed by atoms with van der Waals surface area (Å²) in [5.41, 5.74) is 18.3. The highest BCUT2D eigenvalue weighted by Crippen LogP contribution is 2.37. The van der Waals surface area contributed by atoms with Gasteiger partial charge in [0, 0.05) is 45.3 Å². The van der Waals surface area contributed by atoms with Crippen molar-refractivity contribution in [1.29, 1.82) is 0 Å². The van der Waals surface area contributed by atoms with E-state index in [0.29, 0.717) is 13.0 Å². The number of piperazine rings is 1. The first-order chi connectivity index (χ1) is 17.7. The number of halogens is 1. The second-order valence-electron chi connectivity index (χ2n) is 11.6. The van der Waals surface area contributed by atoms with Crippen molar-refractivity contribution in [3.8, 4) is 0 Å². The number of amides is 1. The molecule has 37 heavy (non-hydrogen) atoms. The van der Waals surface area contributed by atoms with Crippen LogP contribution < -0.4 is 38.4 Å². The van der Waals surface area contributed by atoms with Gasteiger partial charge in [-0.25, -0.2) is 9.33 Å². The molecule has 3 saturated heterocycles. The summed E-state index contributed by atoms with van der Waals surface area (Å²) in [4.78, 5) is 23.7. The second-order valence-corrected chi connectivity index (χ2v) is 11.6. The van der Waals surface area contributed by atoms with Crippen molar-refractivity contribution in [2.24, 2.45) is 22.8 Å². The van der Waals surface area contributed by atoms with Gasteiger partial charge in [-0.2, -0.15) is 11.0 Å². The summed E-state index contributed by atoms with van der Waals surface area (Å²) < 4.78 is 14.5. The summed E-state index contributed by atoms with van der Waals surface area (Å²) in [6, 6.07) is -0.140. The molecular weight excluding hydrogens is 477 g/mol. The van der Waals surface area contributed by atoms with Gasteiger partial charge >= 0.3 is 0 Å². The fourth-order valence-corrected chi connectivity index (χ4v) is 6.26.